The van der Waals surface area contributed by atoms with Crippen molar-refractivity contribution in [3.8, 4) is 0 Å². The van der Waals surface area contributed by atoms with Gasteiger partial charge in [-0.1, -0.05) is 0 Å². The lowest BCUT2D eigenvalue weighted by Crippen LogP contribution is -2.47. The fourth-order valence-corrected chi connectivity index (χ4v) is 2.50. The van der Waals surface area contributed by atoms with Crippen LogP contribution in [-0.4, -0.2) is 45.7 Å². The number of rotatable bonds is 3. The van der Waals surface area contributed by atoms with Crippen molar-refractivity contribution in [2.24, 2.45) is 0 Å². The average Bonchev–Trinajstić information content (AvgIpc) is 2.91. The summed E-state index contributed by atoms with van der Waals surface area (Å²) >= 11 is 0. The van der Waals surface area contributed by atoms with Gasteiger partial charge in [-0.3, -0.25) is 0 Å². The molecule has 1 aliphatic heterocycles. The fraction of sp³-hybridized carbons (Fsp3) is 0.733. The molecule has 118 valence electrons. The first-order valence-corrected chi connectivity index (χ1v) is 7.58. The molecule has 0 aliphatic carbocycles. The zero-order valence-electron chi connectivity index (χ0n) is 13.3. The van der Waals surface area contributed by atoms with Crippen LogP contribution in [-0.2, 0) is 4.74 Å². The predicted octanol–water partition coefficient (Wildman–Crippen LogP) is 2.46. The van der Waals surface area contributed by atoms with Crippen LogP contribution in [0.5, 0.6) is 0 Å². The van der Waals surface area contributed by atoms with Crippen molar-refractivity contribution >= 4 is 6.09 Å². The quantitative estimate of drug-likeness (QED) is 0.898. The van der Waals surface area contributed by atoms with Crippen molar-refractivity contribution in [3.05, 3.63) is 18.2 Å². The van der Waals surface area contributed by atoms with Gasteiger partial charge in [0.05, 0.1) is 6.04 Å². The molecule has 1 unspecified atom stereocenters. The second kappa shape index (κ2) is 6.47. The van der Waals surface area contributed by atoms with Gasteiger partial charge in [0, 0.05) is 31.5 Å². The van der Waals surface area contributed by atoms with Gasteiger partial charge in [-0.05, 0) is 40.5 Å². The molecule has 21 heavy (non-hydrogen) atoms. The normalized spacial score (nSPS) is 18.6. The number of likely N-dealkylation sites (tertiary alicyclic amines) is 1. The van der Waals surface area contributed by atoms with Gasteiger partial charge in [-0.15, -0.1) is 0 Å². The predicted molar refractivity (Wildman–Crippen MR) is 81.0 cm³/mol. The molecule has 2 N–H and O–H groups in total. The van der Waals surface area contributed by atoms with E-state index in [1.807, 2.05) is 27.0 Å². The SMILES string of the molecule is CC(NC1CCN(C(=O)OC(C)(C)C)CC1)c1ncc[nH]1. The summed E-state index contributed by atoms with van der Waals surface area (Å²) < 4.78 is 5.40. The Morgan fingerprint density at radius 3 is 2.67 bits per heavy atom. The van der Waals surface area contributed by atoms with Crippen LogP contribution in [0.25, 0.3) is 0 Å². The third-order valence-electron chi connectivity index (χ3n) is 3.56. The molecule has 2 rings (SSSR count). The number of H-pyrrole nitrogens is 1. The summed E-state index contributed by atoms with van der Waals surface area (Å²) in [7, 11) is 0. The minimum Gasteiger partial charge on any atom is -0.444 e. The van der Waals surface area contributed by atoms with E-state index in [-0.39, 0.29) is 12.1 Å². The Kier molecular flexibility index (Phi) is 4.88. The lowest BCUT2D eigenvalue weighted by Gasteiger charge is -2.34. The summed E-state index contributed by atoms with van der Waals surface area (Å²) in [6.07, 6.45) is 5.26. The molecule has 1 aromatic rings. The van der Waals surface area contributed by atoms with Crippen molar-refractivity contribution in [1.82, 2.24) is 20.2 Å². The van der Waals surface area contributed by atoms with Crippen LogP contribution in [0.1, 0.15) is 52.4 Å². The second-order valence-electron chi connectivity index (χ2n) is 6.60. The van der Waals surface area contributed by atoms with E-state index in [9.17, 15) is 4.79 Å². The number of hydrogen-bond donors (Lipinski definition) is 2. The van der Waals surface area contributed by atoms with Crippen molar-refractivity contribution in [2.75, 3.05) is 13.1 Å². The maximum atomic E-state index is 12.0. The van der Waals surface area contributed by atoms with Crippen molar-refractivity contribution in [3.63, 3.8) is 0 Å². The Morgan fingerprint density at radius 1 is 1.48 bits per heavy atom. The number of piperidine rings is 1. The topological polar surface area (TPSA) is 70.2 Å². The number of hydrogen-bond acceptors (Lipinski definition) is 4. The Balaban J connectivity index is 1.77. The summed E-state index contributed by atoms with van der Waals surface area (Å²) in [5, 5.41) is 3.56. The third kappa shape index (κ3) is 4.74. The highest BCUT2D eigenvalue weighted by molar-refractivity contribution is 5.68. The third-order valence-corrected chi connectivity index (χ3v) is 3.56. The average molecular weight is 294 g/mol. The number of carbonyl (C=O) groups excluding carboxylic acids is 1. The number of carbonyl (C=O) groups is 1. The second-order valence-corrected chi connectivity index (χ2v) is 6.60. The summed E-state index contributed by atoms with van der Waals surface area (Å²) in [4.78, 5) is 21.2. The molecule has 1 fully saturated rings. The number of imidazole rings is 1. The van der Waals surface area contributed by atoms with Crippen molar-refractivity contribution in [2.45, 2.75) is 58.2 Å². The Morgan fingerprint density at radius 2 is 2.14 bits per heavy atom. The molecule has 0 radical (unpaired) electrons. The largest absolute Gasteiger partial charge is 0.444 e. The Hall–Kier alpha value is -1.56. The molecule has 1 amide bonds. The van der Waals surface area contributed by atoms with Gasteiger partial charge in [0.25, 0.3) is 0 Å². The molecule has 6 heteroatoms. The molecule has 1 aromatic heterocycles. The number of nitrogens with one attached hydrogen (secondary N) is 2. The molecule has 0 aromatic carbocycles. The van der Waals surface area contributed by atoms with Gasteiger partial charge in [0.15, 0.2) is 0 Å². The smallest absolute Gasteiger partial charge is 0.410 e. The van der Waals surface area contributed by atoms with Gasteiger partial charge in [-0.2, -0.15) is 0 Å². The fourth-order valence-electron chi connectivity index (χ4n) is 2.50. The first kappa shape index (κ1) is 15.8. The van der Waals surface area contributed by atoms with Gasteiger partial charge < -0.3 is 19.9 Å². The van der Waals surface area contributed by atoms with Gasteiger partial charge in [-0.25, -0.2) is 9.78 Å². The molecular formula is C15H26N4O2. The zero-order chi connectivity index (χ0) is 15.5. The summed E-state index contributed by atoms with van der Waals surface area (Å²) in [6.45, 7) is 9.24. The van der Waals surface area contributed by atoms with Crippen molar-refractivity contribution in [1.29, 1.82) is 0 Å². The van der Waals surface area contributed by atoms with Gasteiger partial charge in [0.2, 0.25) is 0 Å². The molecule has 1 aliphatic rings. The van der Waals surface area contributed by atoms with E-state index < -0.39 is 5.60 Å². The highest BCUT2D eigenvalue weighted by Crippen LogP contribution is 2.17. The highest BCUT2D eigenvalue weighted by Gasteiger charge is 2.27. The maximum absolute atomic E-state index is 12.0. The molecular weight excluding hydrogens is 268 g/mol. The monoisotopic (exact) mass is 294 g/mol. The number of amides is 1. The molecule has 2 heterocycles. The number of aromatic amines is 1. The maximum Gasteiger partial charge on any atom is 0.410 e. The minimum atomic E-state index is -0.431. The first-order chi connectivity index (χ1) is 9.85. The Bertz CT molecular complexity index is 445. The number of aromatic nitrogens is 2. The van der Waals surface area contributed by atoms with E-state index in [1.165, 1.54) is 0 Å². The summed E-state index contributed by atoms with van der Waals surface area (Å²) in [6, 6.07) is 0.599. The first-order valence-electron chi connectivity index (χ1n) is 7.58. The minimum absolute atomic E-state index is 0.193. The van der Waals surface area contributed by atoms with Crippen LogP contribution in [0.4, 0.5) is 4.79 Å². The lowest BCUT2D eigenvalue weighted by molar-refractivity contribution is 0.0196. The standard InChI is InChI=1S/C15H26N4O2/c1-11(13-16-7-8-17-13)18-12-5-9-19(10-6-12)14(20)21-15(2,3)4/h7-8,11-12,18H,5-6,9-10H2,1-4H3,(H,16,17). The molecule has 0 saturated carbocycles. The Labute approximate surface area is 126 Å². The number of nitrogens with zero attached hydrogens (tertiary/aromatic N) is 2. The summed E-state index contributed by atoms with van der Waals surface area (Å²) in [5.41, 5.74) is -0.431. The van der Waals surface area contributed by atoms with Crippen LogP contribution in [0, 0.1) is 0 Å². The van der Waals surface area contributed by atoms with Crippen LogP contribution in [0.2, 0.25) is 0 Å². The molecule has 0 spiro atoms. The van der Waals surface area contributed by atoms with Gasteiger partial charge >= 0.3 is 6.09 Å². The van der Waals surface area contributed by atoms with Crippen molar-refractivity contribution < 1.29 is 9.53 Å². The van der Waals surface area contributed by atoms with Crippen LogP contribution >= 0.6 is 0 Å². The van der Waals surface area contributed by atoms with E-state index in [2.05, 4.69) is 22.2 Å². The summed E-state index contributed by atoms with van der Waals surface area (Å²) in [5.74, 6) is 0.949. The molecule has 6 nitrogen and oxygen atoms in total. The lowest BCUT2D eigenvalue weighted by atomic mass is 10.0. The van der Waals surface area contributed by atoms with Crippen LogP contribution in [0.3, 0.4) is 0 Å². The van der Waals surface area contributed by atoms with Gasteiger partial charge in [0.1, 0.15) is 11.4 Å². The van der Waals surface area contributed by atoms with E-state index in [0.29, 0.717) is 6.04 Å². The molecule has 1 saturated heterocycles. The molecule has 1 atom stereocenters. The van der Waals surface area contributed by atoms with E-state index in [1.54, 1.807) is 11.1 Å². The van der Waals surface area contributed by atoms with Crippen LogP contribution < -0.4 is 5.32 Å². The zero-order valence-corrected chi connectivity index (χ0v) is 13.3. The molecule has 0 bridgehead atoms. The highest BCUT2D eigenvalue weighted by atomic mass is 16.6. The number of ether oxygens (including phenoxy) is 1. The van der Waals surface area contributed by atoms with E-state index in [4.69, 9.17) is 4.74 Å². The van der Waals surface area contributed by atoms with Crippen LogP contribution in [0.15, 0.2) is 12.4 Å². The van der Waals surface area contributed by atoms with E-state index in [0.717, 1.165) is 31.8 Å². The van der Waals surface area contributed by atoms with E-state index >= 15 is 0 Å².